The number of aliphatic hydroxyl groups is 1. The molecule has 17 nitrogen and oxygen atoms in total. The summed E-state index contributed by atoms with van der Waals surface area (Å²) in [6, 6.07) is 0. The van der Waals surface area contributed by atoms with Gasteiger partial charge in [0.25, 0.3) is 0 Å². The lowest BCUT2D eigenvalue weighted by Gasteiger charge is -2.21. The van der Waals surface area contributed by atoms with Gasteiger partial charge in [0.2, 0.25) is 0 Å². The van der Waals surface area contributed by atoms with Crippen LogP contribution in [0.2, 0.25) is 0 Å². The third kappa shape index (κ3) is 69.9. The lowest BCUT2D eigenvalue weighted by molar-refractivity contribution is -0.161. The van der Waals surface area contributed by atoms with E-state index < -0.39 is 97.5 Å². The number of phosphoric acid groups is 2. The molecule has 0 radical (unpaired) electrons. The summed E-state index contributed by atoms with van der Waals surface area (Å²) in [6.07, 6.45) is 76.5. The smallest absolute Gasteiger partial charge is 0.462 e. The van der Waals surface area contributed by atoms with E-state index >= 15 is 0 Å². The van der Waals surface area contributed by atoms with Crippen LogP contribution < -0.4 is 0 Å². The summed E-state index contributed by atoms with van der Waals surface area (Å²) in [5.41, 5.74) is 0. The van der Waals surface area contributed by atoms with Crippen LogP contribution in [0.25, 0.3) is 0 Å². The maximum Gasteiger partial charge on any atom is 0.472 e. The molecule has 0 bridgehead atoms. The predicted octanol–water partition coefficient (Wildman–Crippen LogP) is 21.6. The van der Waals surface area contributed by atoms with Crippen LogP contribution in [0.3, 0.4) is 0 Å². The van der Waals surface area contributed by atoms with Gasteiger partial charge in [-0.3, -0.25) is 37.3 Å². The fourth-order valence-electron chi connectivity index (χ4n) is 9.75. The standard InChI is InChI=1S/C79H134O17P2/c1-5-9-13-17-21-25-29-33-35-36-38-42-44-48-52-56-60-64-77(82)90-70-75(96-79(84)66-62-58-54-50-46-40-32-28-24-20-16-12-8-4)72-94-98(87,88)92-68-73(80)67-91-97(85,86)93-71-74(95-78(83)65-61-57-53-49-45-39-31-27-23-19-15-11-7-3)69-89-76(81)63-59-55-51-47-43-41-37-34-30-26-22-18-14-10-6-2/h9-10,13-14,21-22,25-27,31,33-35,37-38,42-43,47,55,59,73-75,80H,5-8,11-12,15-20,23-24,28-30,32,36,39-41,44-46,48-54,56-58,60-72H2,1-4H3,(H,85,86)(H,87,88)/b13-9-,14-10-,25-21-,26-22-,31-27-,35-33-,37-34-,42-38-,47-43-,59-55-. The third-order valence-electron chi connectivity index (χ3n) is 15.5. The maximum atomic E-state index is 13.1. The molecular formula is C79H134O17P2. The van der Waals surface area contributed by atoms with Gasteiger partial charge in [0, 0.05) is 19.3 Å². The maximum absolute atomic E-state index is 13.1. The van der Waals surface area contributed by atoms with E-state index in [2.05, 4.69) is 125 Å². The van der Waals surface area contributed by atoms with E-state index in [1.54, 1.807) is 6.08 Å². The Morgan fingerprint density at radius 1 is 0.306 bits per heavy atom. The summed E-state index contributed by atoms with van der Waals surface area (Å²) >= 11 is 0. The zero-order valence-electron chi connectivity index (χ0n) is 61.2. The molecule has 0 aliphatic carbocycles. The molecule has 98 heavy (non-hydrogen) atoms. The van der Waals surface area contributed by atoms with Gasteiger partial charge >= 0.3 is 39.5 Å². The van der Waals surface area contributed by atoms with Crippen LogP contribution in [-0.4, -0.2) is 96.7 Å². The molecule has 562 valence electrons. The Kier molecular flexibility index (Phi) is 67.6. The van der Waals surface area contributed by atoms with Gasteiger partial charge in [0.15, 0.2) is 12.2 Å². The summed E-state index contributed by atoms with van der Waals surface area (Å²) in [4.78, 5) is 72.7. The Hall–Kier alpha value is -4.54. The number of carbonyl (C=O) groups excluding carboxylic acids is 4. The molecule has 0 heterocycles. The van der Waals surface area contributed by atoms with Crippen molar-refractivity contribution in [3.8, 4) is 0 Å². The zero-order chi connectivity index (χ0) is 71.8. The fourth-order valence-corrected chi connectivity index (χ4v) is 11.3. The number of hydrogen-bond acceptors (Lipinski definition) is 15. The number of rotatable bonds is 70. The molecule has 0 aromatic rings. The van der Waals surface area contributed by atoms with E-state index in [9.17, 15) is 43.2 Å². The van der Waals surface area contributed by atoms with Crippen molar-refractivity contribution in [2.75, 3.05) is 39.6 Å². The van der Waals surface area contributed by atoms with Crippen LogP contribution in [0.15, 0.2) is 122 Å². The average molecular weight is 1420 g/mol. The van der Waals surface area contributed by atoms with Gasteiger partial charge in [0.05, 0.1) is 32.8 Å². The summed E-state index contributed by atoms with van der Waals surface area (Å²) < 4.78 is 68.3. The molecule has 0 saturated heterocycles. The number of allylic oxidation sites excluding steroid dienone is 19. The Morgan fingerprint density at radius 3 is 0.929 bits per heavy atom. The van der Waals surface area contributed by atoms with Crippen molar-refractivity contribution in [2.24, 2.45) is 0 Å². The summed E-state index contributed by atoms with van der Waals surface area (Å²) in [6.45, 7) is 4.48. The van der Waals surface area contributed by atoms with Gasteiger partial charge in [-0.25, -0.2) is 9.13 Å². The highest BCUT2D eigenvalue weighted by molar-refractivity contribution is 7.47. The molecule has 0 rings (SSSR count). The quantitative estimate of drug-likeness (QED) is 0.0169. The first-order valence-electron chi connectivity index (χ1n) is 37.8. The second-order valence-corrected chi connectivity index (χ2v) is 27.8. The minimum absolute atomic E-state index is 0.0636. The Labute approximate surface area is 593 Å². The van der Waals surface area contributed by atoms with E-state index in [0.717, 1.165) is 141 Å². The molecule has 5 atom stereocenters. The van der Waals surface area contributed by atoms with Gasteiger partial charge in [-0.2, -0.15) is 0 Å². The highest BCUT2D eigenvalue weighted by atomic mass is 31.2. The predicted molar refractivity (Wildman–Crippen MR) is 399 cm³/mol. The largest absolute Gasteiger partial charge is 0.472 e. The van der Waals surface area contributed by atoms with E-state index in [4.69, 9.17) is 37.0 Å². The third-order valence-corrected chi connectivity index (χ3v) is 17.4. The van der Waals surface area contributed by atoms with Crippen LogP contribution in [0, 0.1) is 0 Å². The van der Waals surface area contributed by atoms with Crippen molar-refractivity contribution in [3.63, 3.8) is 0 Å². The molecule has 5 unspecified atom stereocenters. The molecule has 0 aromatic carbocycles. The number of unbranched alkanes of at least 4 members (excludes halogenated alkanes) is 25. The highest BCUT2D eigenvalue weighted by Crippen LogP contribution is 2.45. The number of phosphoric ester groups is 2. The molecule has 0 amide bonds. The molecule has 0 fully saturated rings. The minimum Gasteiger partial charge on any atom is -0.462 e. The van der Waals surface area contributed by atoms with Crippen molar-refractivity contribution >= 4 is 39.5 Å². The van der Waals surface area contributed by atoms with Gasteiger partial charge in [-0.1, -0.05) is 278 Å². The van der Waals surface area contributed by atoms with Crippen LogP contribution in [-0.2, 0) is 65.4 Å². The van der Waals surface area contributed by atoms with Crippen molar-refractivity contribution in [3.05, 3.63) is 122 Å². The summed E-state index contributed by atoms with van der Waals surface area (Å²) in [5, 5.41) is 10.6. The average Bonchev–Trinajstić information content (AvgIpc) is 0.971. The molecular weight excluding hydrogens is 1280 g/mol. The normalized spacial score (nSPS) is 14.6. The molecule has 0 aliphatic rings. The summed E-state index contributed by atoms with van der Waals surface area (Å²) in [7, 11) is -9.98. The monoisotopic (exact) mass is 1420 g/mol. The summed E-state index contributed by atoms with van der Waals surface area (Å²) in [5.74, 6) is -2.35. The Bertz CT molecular complexity index is 2340. The van der Waals surface area contributed by atoms with Crippen LogP contribution >= 0.6 is 15.6 Å². The minimum atomic E-state index is -5.00. The second kappa shape index (κ2) is 70.9. The lowest BCUT2D eigenvalue weighted by atomic mass is 10.0. The van der Waals surface area contributed by atoms with Gasteiger partial charge in [-0.05, 0) is 116 Å². The highest BCUT2D eigenvalue weighted by Gasteiger charge is 2.30. The van der Waals surface area contributed by atoms with Crippen LogP contribution in [0.5, 0.6) is 0 Å². The molecule has 19 heteroatoms. The zero-order valence-corrected chi connectivity index (χ0v) is 63.0. The van der Waals surface area contributed by atoms with Gasteiger partial charge in [0.1, 0.15) is 19.3 Å². The van der Waals surface area contributed by atoms with Crippen molar-refractivity contribution in [2.45, 2.75) is 316 Å². The number of carbonyl (C=O) groups is 4. The first-order valence-corrected chi connectivity index (χ1v) is 40.8. The number of aliphatic hydroxyl groups excluding tert-OH is 1. The number of hydrogen-bond donors (Lipinski definition) is 3. The second-order valence-electron chi connectivity index (χ2n) is 24.8. The molecule has 3 N–H and O–H groups in total. The topological polar surface area (TPSA) is 237 Å². The first kappa shape index (κ1) is 93.5. The van der Waals surface area contributed by atoms with E-state index in [0.29, 0.717) is 25.7 Å². The van der Waals surface area contributed by atoms with Crippen molar-refractivity contribution < 1.29 is 80.2 Å². The number of ether oxygens (including phenoxy) is 4. The SMILES string of the molecule is CC/C=C\C/C=C\C/C=C\C/C=C\C/C=C\CC(=O)OCC(COP(=O)(O)OCC(O)COP(=O)(O)OCC(COC(=O)CCCCCC/C=C\C/C=C\C/C=C\C/C=C\CC)OC(=O)CCCCCCCCCCCCCCC)OC(=O)CCCCCCC/C=C\CCCCCC. The molecule has 0 aromatic heterocycles. The van der Waals surface area contributed by atoms with Crippen molar-refractivity contribution in [1.82, 2.24) is 0 Å². The fraction of sp³-hybridized carbons (Fsp3) is 0.696. The molecule has 0 aliphatic heterocycles. The van der Waals surface area contributed by atoms with Crippen molar-refractivity contribution in [1.29, 1.82) is 0 Å². The van der Waals surface area contributed by atoms with E-state index in [-0.39, 0.29) is 25.7 Å². The van der Waals surface area contributed by atoms with Crippen LogP contribution in [0.1, 0.15) is 297 Å². The van der Waals surface area contributed by atoms with Gasteiger partial charge < -0.3 is 33.8 Å². The molecule has 0 saturated carbocycles. The Balaban J connectivity index is 5.42. The van der Waals surface area contributed by atoms with Crippen LogP contribution in [0.4, 0.5) is 0 Å². The first-order chi connectivity index (χ1) is 47.7. The Morgan fingerprint density at radius 2 is 0.571 bits per heavy atom. The molecule has 0 spiro atoms. The van der Waals surface area contributed by atoms with E-state index in [1.807, 2.05) is 18.2 Å². The van der Waals surface area contributed by atoms with E-state index in [1.165, 1.54) is 77.0 Å². The lowest BCUT2D eigenvalue weighted by Crippen LogP contribution is -2.30. The number of esters is 4. The van der Waals surface area contributed by atoms with Gasteiger partial charge in [-0.15, -0.1) is 0 Å².